The molecule has 5 unspecified atom stereocenters. The van der Waals surface area contributed by atoms with Crippen LogP contribution in [0, 0.1) is 17.3 Å². The first-order valence-corrected chi connectivity index (χ1v) is 7.46. The van der Waals surface area contributed by atoms with Crippen LogP contribution in [0.3, 0.4) is 0 Å². The maximum atomic E-state index is 5.97. The predicted octanol–water partition coefficient (Wildman–Crippen LogP) is 2.97. The molecule has 0 aromatic carbocycles. The van der Waals surface area contributed by atoms with Crippen LogP contribution >= 0.6 is 0 Å². The van der Waals surface area contributed by atoms with Crippen LogP contribution in [0.5, 0.6) is 0 Å². The molecular formula is C15H27NO. The Kier molecular flexibility index (Phi) is 2.99. The monoisotopic (exact) mass is 237 g/mol. The zero-order valence-electron chi connectivity index (χ0n) is 11.5. The molecule has 3 rings (SSSR count). The van der Waals surface area contributed by atoms with E-state index in [1.54, 1.807) is 0 Å². The van der Waals surface area contributed by atoms with Gasteiger partial charge < -0.3 is 10.1 Å². The second kappa shape index (κ2) is 4.24. The van der Waals surface area contributed by atoms with Crippen molar-refractivity contribution >= 4 is 0 Å². The molecule has 5 atom stereocenters. The van der Waals surface area contributed by atoms with E-state index in [1.807, 2.05) is 0 Å². The summed E-state index contributed by atoms with van der Waals surface area (Å²) in [5, 5.41) is 3.96. The van der Waals surface area contributed by atoms with Crippen LogP contribution in [0.25, 0.3) is 0 Å². The number of fused-ring (bicyclic) bond motifs is 1. The SMILES string of the molecule is CC1CCC(NC2C3CCCOC3C2(C)C)C1. The minimum Gasteiger partial charge on any atom is -0.377 e. The van der Waals surface area contributed by atoms with Crippen LogP contribution < -0.4 is 5.32 Å². The first-order chi connectivity index (χ1) is 8.09. The van der Waals surface area contributed by atoms with Gasteiger partial charge in [0.1, 0.15) is 0 Å². The third-order valence-electron chi connectivity index (χ3n) is 5.44. The number of nitrogens with one attached hydrogen (secondary N) is 1. The molecule has 2 heteroatoms. The van der Waals surface area contributed by atoms with Crippen LogP contribution in [0.2, 0.25) is 0 Å². The molecule has 0 radical (unpaired) electrons. The van der Waals surface area contributed by atoms with Crippen molar-refractivity contribution < 1.29 is 4.74 Å². The first kappa shape index (κ1) is 12.0. The van der Waals surface area contributed by atoms with Gasteiger partial charge in [-0.15, -0.1) is 0 Å². The highest BCUT2D eigenvalue weighted by molar-refractivity contribution is 5.11. The van der Waals surface area contributed by atoms with Gasteiger partial charge in [-0.3, -0.25) is 0 Å². The zero-order chi connectivity index (χ0) is 12.0. The summed E-state index contributed by atoms with van der Waals surface area (Å²) in [7, 11) is 0. The van der Waals surface area contributed by atoms with Crippen molar-refractivity contribution in [2.45, 2.75) is 71.1 Å². The Hall–Kier alpha value is -0.0800. The molecule has 17 heavy (non-hydrogen) atoms. The third-order valence-corrected chi connectivity index (χ3v) is 5.44. The van der Waals surface area contributed by atoms with Crippen molar-refractivity contribution in [1.82, 2.24) is 5.32 Å². The minimum absolute atomic E-state index is 0.344. The predicted molar refractivity (Wildman–Crippen MR) is 70.0 cm³/mol. The lowest BCUT2D eigenvalue weighted by Gasteiger charge is -2.60. The van der Waals surface area contributed by atoms with Crippen molar-refractivity contribution in [2.24, 2.45) is 17.3 Å². The van der Waals surface area contributed by atoms with Crippen LogP contribution in [0.15, 0.2) is 0 Å². The lowest BCUT2D eigenvalue weighted by atomic mass is 9.55. The molecule has 2 nitrogen and oxygen atoms in total. The Balaban J connectivity index is 1.62. The summed E-state index contributed by atoms with van der Waals surface area (Å²) in [6.07, 6.45) is 7.32. The van der Waals surface area contributed by atoms with E-state index >= 15 is 0 Å². The van der Waals surface area contributed by atoms with Gasteiger partial charge in [0.05, 0.1) is 6.10 Å². The molecule has 0 aromatic rings. The van der Waals surface area contributed by atoms with Crippen molar-refractivity contribution in [2.75, 3.05) is 6.61 Å². The van der Waals surface area contributed by atoms with Gasteiger partial charge in [-0.2, -0.15) is 0 Å². The number of hydrogen-bond acceptors (Lipinski definition) is 2. The van der Waals surface area contributed by atoms with Crippen molar-refractivity contribution in [3.8, 4) is 0 Å². The highest BCUT2D eigenvalue weighted by Gasteiger charge is 2.58. The molecule has 0 spiro atoms. The van der Waals surface area contributed by atoms with E-state index in [2.05, 4.69) is 26.1 Å². The summed E-state index contributed by atoms with van der Waals surface area (Å²) in [5.41, 5.74) is 0.344. The smallest absolute Gasteiger partial charge is 0.0684 e. The van der Waals surface area contributed by atoms with Crippen LogP contribution in [0.1, 0.15) is 52.9 Å². The quantitative estimate of drug-likeness (QED) is 0.797. The van der Waals surface area contributed by atoms with Crippen LogP contribution in [-0.4, -0.2) is 24.8 Å². The van der Waals surface area contributed by atoms with Gasteiger partial charge in [-0.05, 0) is 38.0 Å². The van der Waals surface area contributed by atoms with Crippen molar-refractivity contribution in [1.29, 1.82) is 0 Å². The molecule has 0 bridgehead atoms. The fourth-order valence-electron chi connectivity index (χ4n) is 4.47. The van der Waals surface area contributed by atoms with Gasteiger partial charge in [-0.1, -0.05) is 20.8 Å². The first-order valence-electron chi connectivity index (χ1n) is 7.46. The molecular weight excluding hydrogens is 210 g/mol. The Morgan fingerprint density at radius 3 is 2.71 bits per heavy atom. The second-order valence-corrected chi connectivity index (χ2v) is 7.18. The summed E-state index contributed by atoms with van der Waals surface area (Å²) in [6, 6.07) is 1.47. The fourth-order valence-corrected chi connectivity index (χ4v) is 4.47. The number of ether oxygens (including phenoxy) is 1. The number of hydrogen-bond donors (Lipinski definition) is 1. The van der Waals surface area contributed by atoms with Gasteiger partial charge in [0.2, 0.25) is 0 Å². The fraction of sp³-hybridized carbons (Fsp3) is 1.00. The Labute approximate surface area is 105 Å². The summed E-state index contributed by atoms with van der Waals surface area (Å²) in [4.78, 5) is 0. The summed E-state index contributed by atoms with van der Waals surface area (Å²) in [5.74, 6) is 1.71. The van der Waals surface area contributed by atoms with Gasteiger partial charge in [0, 0.05) is 30.0 Å². The van der Waals surface area contributed by atoms with Gasteiger partial charge in [-0.25, -0.2) is 0 Å². The van der Waals surface area contributed by atoms with Crippen molar-refractivity contribution in [3.63, 3.8) is 0 Å². The van der Waals surface area contributed by atoms with Gasteiger partial charge >= 0.3 is 0 Å². The molecule has 3 aliphatic rings. The molecule has 2 saturated carbocycles. The number of rotatable bonds is 2. The summed E-state index contributed by atoms with van der Waals surface area (Å²) >= 11 is 0. The van der Waals surface area contributed by atoms with E-state index in [-0.39, 0.29) is 0 Å². The molecule has 1 saturated heterocycles. The van der Waals surface area contributed by atoms with E-state index in [0.717, 1.165) is 24.5 Å². The van der Waals surface area contributed by atoms with Gasteiger partial charge in [0.25, 0.3) is 0 Å². The lowest BCUT2D eigenvalue weighted by Crippen LogP contribution is -2.70. The van der Waals surface area contributed by atoms with E-state index in [9.17, 15) is 0 Å². The Bertz CT molecular complexity index is 289. The lowest BCUT2D eigenvalue weighted by molar-refractivity contribution is -0.194. The Morgan fingerprint density at radius 1 is 1.18 bits per heavy atom. The molecule has 0 aromatic heterocycles. The van der Waals surface area contributed by atoms with E-state index in [4.69, 9.17) is 4.74 Å². The molecule has 1 aliphatic heterocycles. The van der Waals surface area contributed by atoms with E-state index in [1.165, 1.54) is 32.1 Å². The standard InChI is InChI=1S/C15H27NO/c1-10-6-7-11(9-10)16-13-12-5-4-8-17-14(12)15(13,2)3/h10-14,16H,4-9H2,1-3H3. The summed E-state index contributed by atoms with van der Waals surface area (Å²) in [6.45, 7) is 8.14. The van der Waals surface area contributed by atoms with E-state index in [0.29, 0.717) is 17.6 Å². The molecule has 1 heterocycles. The second-order valence-electron chi connectivity index (χ2n) is 7.18. The topological polar surface area (TPSA) is 21.3 Å². The molecule has 98 valence electrons. The normalized spacial score (nSPS) is 48.5. The van der Waals surface area contributed by atoms with Crippen LogP contribution in [-0.2, 0) is 4.74 Å². The third kappa shape index (κ3) is 1.94. The highest BCUT2D eigenvalue weighted by Crippen LogP contribution is 2.51. The molecule has 3 fully saturated rings. The molecule has 2 aliphatic carbocycles. The van der Waals surface area contributed by atoms with Crippen molar-refractivity contribution in [3.05, 3.63) is 0 Å². The minimum atomic E-state index is 0.344. The average Bonchev–Trinajstić information content (AvgIpc) is 2.72. The maximum absolute atomic E-state index is 5.97. The van der Waals surface area contributed by atoms with Gasteiger partial charge in [0.15, 0.2) is 0 Å². The zero-order valence-corrected chi connectivity index (χ0v) is 11.5. The van der Waals surface area contributed by atoms with E-state index < -0.39 is 0 Å². The average molecular weight is 237 g/mol. The Morgan fingerprint density at radius 2 is 2.00 bits per heavy atom. The summed E-state index contributed by atoms with van der Waals surface area (Å²) < 4.78 is 5.97. The highest BCUT2D eigenvalue weighted by atomic mass is 16.5. The maximum Gasteiger partial charge on any atom is 0.0684 e. The molecule has 0 amide bonds. The molecule has 1 N–H and O–H groups in total. The van der Waals surface area contributed by atoms with Crippen LogP contribution in [0.4, 0.5) is 0 Å². The largest absolute Gasteiger partial charge is 0.377 e.